The van der Waals surface area contributed by atoms with Gasteiger partial charge in [0.25, 0.3) is 0 Å². The Labute approximate surface area is 205 Å². The van der Waals surface area contributed by atoms with Gasteiger partial charge in [-0.25, -0.2) is 4.79 Å². The summed E-state index contributed by atoms with van der Waals surface area (Å²) < 4.78 is 11.0. The van der Waals surface area contributed by atoms with Crippen molar-refractivity contribution in [1.29, 1.82) is 0 Å². The Hall–Kier alpha value is -2.60. The molecule has 3 atom stereocenters. The van der Waals surface area contributed by atoms with Gasteiger partial charge < -0.3 is 14.8 Å². The topological polar surface area (TPSA) is 81.7 Å². The first-order chi connectivity index (χ1) is 16.3. The summed E-state index contributed by atoms with van der Waals surface area (Å²) in [5, 5.41) is 3.87. The van der Waals surface area contributed by atoms with Crippen molar-refractivity contribution >= 4 is 29.3 Å². The van der Waals surface area contributed by atoms with E-state index in [9.17, 15) is 14.4 Å². The number of dihydropyridines is 1. The summed E-state index contributed by atoms with van der Waals surface area (Å²) in [4.78, 5) is 39.8. The molecule has 2 aliphatic carbocycles. The molecule has 0 spiro atoms. The second-order valence-corrected chi connectivity index (χ2v) is 10.0. The number of hydrogen-bond acceptors (Lipinski definition) is 6. The van der Waals surface area contributed by atoms with Crippen LogP contribution in [0.4, 0.5) is 0 Å². The zero-order valence-electron chi connectivity index (χ0n) is 20.0. The van der Waals surface area contributed by atoms with Gasteiger partial charge in [0, 0.05) is 27.9 Å². The van der Waals surface area contributed by atoms with Crippen LogP contribution in [0, 0.1) is 11.8 Å². The molecule has 0 saturated heterocycles. The quantitative estimate of drug-likeness (QED) is 0.358. The first-order valence-electron chi connectivity index (χ1n) is 12.1. The predicted molar refractivity (Wildman–Crippen MR) is 129 cm³/mol. The maximum absolute atomic E-state index is 13.7. The average molecular weight is 486 g/mol. The Bertz CT molecular complexity index is 1030. The number of Topliss-reactive ketones (excluding diaryl/α,β-unsaturated/α-hetero) is 1. The minimum Gasteiger partial charge on any atom is -0.468 e. The van der Waals surface area contributed by atoms with Gasteiger partial charge in [-0.2, -0.15) is 0 Å². The molecule has 1 aliphatic heterocycles. The number of ketones is 1. The molecule has 1 fully saturated rings. The number of benzene rings is 1. The van der Waals surface area contributed by atoms with Gasteiger partial charge in [-0.3, -0.25) is 9.59 Å². The zero-order chi connectivity index (χ0) is 24.4. The summed E-state index contributed by atoms with van der Waals surface area (Å²) in [5.74, 6) is -3.03. The van der Waals surface area contributed by atoms with E-state index < -0.39 is 23.8 Å². The van der Waals surface area contributed by atoms with Crippen LogP contribution in [0.1, 0.15) is 70.3 Å². The van der Waals surface area contributed by atoms with E-state index >= 15 is 0 Å². The van der Waals surface area contributed by atoms with Crippen molar-refractivity contribution in [3.8, 4) is 0 Å². The van der Waals surface area contributed by atoms with Gasteiger partial charge in [-0.1, -0.05) is 43.5 Å². The lowest BCUT2D eigenvalue weighted by molar-refractivity contribution is -0.151. The number of nitrogens with one attached hydrogen (secondary N) is 1. The Kier molecular flexibility index (Phi) is 7.46. The largest absolute Gasteiger partial charge is 0.468 e. The van der Waals surface area contributed by atoms with E-state index in [-0.39, 0.29) is 17.8 Å². The van der Waals surface area contributed by atoms with Crippen molar-refractivity contribution in [2.75, 3.05) is 7.11 Å². The molecular weight excluding hydrogens is 454 g/mol. The van der Waals surface area contributed by atoms with Crippen molar-refractivity contribution in [2.24, 2.45) is 11.8 Å². The minimum absolute atomic E-state index is 0.124. The molecule has 1 saturated carbocycles. The highest BCUT2D eigenvalue weighted by atomic mass is 35.5. The second kappa shape index (κ2) is 10.3. The van der Waals surface area contributed by atoms with Gasteiger partial charge in [0.1, 0.15) is 12.0 Å². The van der Waals surface area contributed by atoms with Gasteiger partial charge in [-0.15, -0.1) is 0 Å². The highest BCUT2D eigenvalue weighted by Gasteiger charge is 2.47. The third-order valence-electron chi connectivity index (χ3n) is 7.24. The summed E-state index contributed by atoms with van der Waals surface area (Å²) in [6.45, 7) is 3.72. The molecule has 182 valence electrons. The molecule has 4 rings (SSSR count). The number of carbonyl (C=O) groups excluding carboxylic acids is 3. The molecular formula is C27H32ClNO5. The number of ether oxygens (including phenoxy) is 2. The van der Waals surface area contributed by atoms with Crippen molar-refractivity contribution < 1.29 is 23.9 Å². The van der Waals surface area contributed by atoms with Crippen LogP contribution in [0.25, 0.3) is 0 Å². The molecule has 1 heterocycles. The third-order valence-corrected chi connectivity index (χ3v) is 7.49. The predicted octanol–water partition coefficient (Wildman–Crippen LogP) is 5.22. The molecule has 1 aromatic rings. The summed E-state index contributed by atoms with van der Waals surface area (Å²) in [6.07, 6.45) is 6.49. The van der Waals surface area contributed by atoms with Crippen LogP contribution in [-0.4, -0.2) is 30.9 Å². The number of rotatable bonds is 4. The summed E-state index contributed by atoms with van der Waals surface area (Å²) in [6, 6.07) is 7.15. The number of methoxy groups -OCH3 is 1. The number of esters is 2. The van der Waals surface area contributed by atoms with E-state index in [1.807, 2.05) is 26.0 Å². The van der Waals surface area contributed by atoms with E-state index in [4.69, 9.17) is 21.1 Å². The monoisotopic (exact) mass is 485 g/mol. The van der Waals surface area contributed by atoms with Gasteiger partial charge >= 0.3 is 11.9 Å². The van der Waals surface area contributed by atoms with Crippen molar-refractivity contribution in [2.45, 2.75) is 70.8 Å². The van der Waals surface area contributed by atoms with Gasteiger partial charge in [0.15, 0.2) is 5.78 Å². The molecule has 3 aliphatic rings. The molecule has 0 aromatic heterocycles. The lowest BCUT2D eigenvalue weighted by Crippen LogP contribution is -2.43. The molecule has 0 bridgehead atoms. The minimum atomic E-state index is -0.905. The van der Waals surface area contributed by atoms with E-state index in [0.29, 0.717) is 28.3 Å². The standard InChI is InChI=1S/C27H32ClNO5/c1-15-14-20-24(25(30)21(15)26(31)33-3)23(17-10-12-18(28)13-11-17)22(16(2)29-20)27(32)34-19-8-6-4-5-7-9-19/h10-13,15,19,21,23,29H,4-9,14H2,1-3H3/t15-,21+,23+/m0/s1. The van der Waals surface area contributed by atoms with Gasteiger partial charge in [0.2, 0.25) is 0 Å². The number of hydrogen-bond donors (Lipinski definition) is 1. The fourth-order valence-corrected chi connectivity index (χ4v) is 5.64. The summed E-state index contributed by atoms with van der Waals surface area (Å²) in [7, 11) is 1.29. The van der Waals surface area contributed by atoms with Crippen LogP contribution < -0.4 is 5.32 Å². The van der Waals surface area contributed by atoms with Crippen LogP contribution in [0.15, 0.2) is 46.8 Å². The molecule has 0 radical (unpaired) electrons. The van der Waals surface area contributed by atoms with E-state index in [2.05, 4.69) is 5.32 Å². The maximum atomic E-state index is 13.7. The Morgan fingerprint density at radius 3 is 2.32 bits per heavy atom. The van der Waals surface area contributed by atoms with Crippen LogP contribution in [-0.2, 0) is 23.9 Å². The number of halogens is 1. The molecule has 1 N–H and O–H groups in total. The third kappa shape index (κ3) is 4.78. The van der Waals surface area contributed by atoms with E-state index in [1.165, 1.54) is 7.11 Å². The fraction of sp³-hybridized carbons (Fsp3) is 0.519. The fourth-order valence-electron chi connectivity index (χ4n) is 5.51. The average Bonchev–Trinajstić information content (AvgIpc) is 3.07. The highest BCUT2D eigenvalue weighted by Crippen LogP contribution is 2.45. The zero-order valence-corrected chi connectivity index (χ0v) is 20.7. The maximum Gasteiger partial charge on any atom is 0.337 e. The van der Waals surface area contributed by atoms with Crippen LogP contribution in [0.5, 0.6) is 0 Å². The molecule has 1 aromatic carbocycles. The van der Waals surface area contributed by atoms with Gasteiger partial charge in [-0.05, 0) is 62.6 Å². The van der Waals surface area contributed by atoms with Crippen LogP contribution in [0.3, 0.4) is 0 Å². The molecule has 0 unspecified atom stereocenters. The Morgan fingerprint density at radius 1 is 1.06 bits per heavy atom. The van der Waals surface area contributed by atoms with E-state index in [1.54, 1.807) is 12.1 Å². The van der Waals surface area contributed by atoms with Crippen molar-refractivity contribution in [3.05, 3.63) is 57.4 Å². The van der Waals surface area contributed by atoms with Crippen LogP contribution in [0.2, 0.25) is 5.02 Å². The lowest BCUT2D eigenvalue weighted by Gasteiger charge is -2.38. The van der Waals surface area contributed by atoms with Crippen molar-refractivity contribution in [3.63, 3.8) is 0 Å². The second-order valence-electron chi connectivity index (χ2n) is 9.61. The van der Waals surface area contributed by atoms with Crippen LogP contribution >= 0.6 is 11.6 Å². The lowest BCUT2D eigenvalue weighted by atomic mass is 9.69. The van der Waals surface area contributed by atoms with Crippen molar-refractivity contribution in [1.82, 2.24) is 5.32 Å². The normalized spacial score (nSPS) is 25.9. The SMILES string of the molecule is COC(=O)[C@H]1C(=O)C2=C(C[C@@H]1C)NC(C)=C(C(=O)OC1CCCCCC1)[C@H]2c1ccc(Cl)cc1. The summed E-state index contributed by atoms with van der Waals surface area (Å²) in [5.41, 5.74) is 3.04. The highest BCUT2D eigenvalue weighted by molar-refractivity contribution is 6.30. The number of allylic oxidation sites excluding steroid dienone is 3. The molecule has 7 heteroatoms. The van der Waals surface area contributed by atoms with E-state index in [0.717, 1.165) is 49.8 Å². The first-order valence-corrected chi connectivity index (χ1v) is 12.5. The summed E-state index contributed by atoms with van der Waals surface area (Å²) >= 11 is 6.14. The smallest absolute Gasteiger partial charge is 0.337 e. The molecule has 0 amide bonds. The molecule has 6 nitrogen and oxygen atoms in total. The van der Waals surface area contributed by atoms with Gasteiger partial charge in [0.05, 0.1) is 12.7 Å². The molecule has 34 heavy (non-hydrogen) atoms. The first kappa shape index (κ1) is 24.5. The number of carbonyl (C=O) groups is 3. The Balaban J connectivity index is 1.76. The Morgan fingerprint density at radius 2 is 1.71 bits per heavy atom.